The highest BCUT2D eigenvalue weighted by molar-refractivity contribution is 8.00. The molecule has 0 saturated heterocycles. The molecule has 1 aliphatic rings. The normalized spacial score (nSPS) is 14.2. The van der Waals surface area contributed by atoms with E-state index in [4.69, 9.17) is 0 Å². The lowest BCUT2D eigenvalue weighted by Crippen LogP contribution is -2.39. The quantitative estimate of drug-likeness (QED) is 0.608. The van der Waals surface area contributed by atoms with Crippen LogP contribution in [0.1, 0.15) is 29.7 Å². The maximum atomic E-state index is 12.8. The van der Waals surface area contributed by atoms with Crippen molar-refractivity contribution in [3.63, 3.8) is 0 Å². The van der Waals surface area contributed by atoms with Crippen molar-refractivity contribution in [3.8, 4) is 11.4 Å². The van der Waals surface area contributed by atoms with Crippen LogP contribution in [-0.2, 0) is 4.79 Å². The van der Waals surface area contributed by atoms with Gasteiger partial charge in [0.2, 0.25) is 5.91 Å². The van der Waals surface area contributed by atoms with E-state index in [2.05, 4.69) is 30.4 Å². The molecule has 3 aromatic rings. The zero-order valence-electron chi connectivity index (χ0n) is 15.8. The SMILES string of the molecule is CNC(=O)NC(=O)C(Sc1nnc(-c2cccnc2)n1C1CC1)c1ccccc1. The van der Waals surface area contributed by atoms with Crippen molar-refractivity contribution in [2.45, 2.75) is 29.3 Å². The first kappa shape index (κ1) is 19.1. The van der Waals surface area contributed by atoms with Gasteiger partial charge in [0.15, 0.2) is 11.0 Å². The summed E-state index contributed by atoms with van der Waals surface area (Å²) >= 11 is 1.29. The molecule has 0 aliphatic heterocycles. The number of pyridine rings is 1. The number of thioether (sulfide) groups is 1. The number of nitrogens with one attached hydrogen (secondary N) is 2. The van der Waals surface area contributed by atoms with Gasteiger partial charge < -0.3 is 5.32 Å². The fourth-order valence-corrected chi connectivity index (χ4v) is 4.06. The van der Waals surface area contributed by atoms with Crippen LogP contribution < -0.4 is 10.6 Å². The molecule has 1 fully saturated rings. The molecule has 0 radical (unpaired) electrons. The number of urea groups is 1. The van der Waals surface area contributed by atoms with Gasteiger partial charge in [-0.3, -0.25) is 19.7 Å². The van der Waals surface area contributed by atoms with E-state index in [0.29, 0.717) is 11.2 Å². The van der Waals surface area contributed by atoms with Crippen LogP contribution in [-0.4, -0.2) is 38.7 Å². The average molecular weight is 408 g/mol. The van der Waals surface area contributed by atoms with E-state index in [1.807, 2.05) is 42.5 Å². The molecule has 1 aliphatic carbocycles. The summed E-state index contributed by atoms with van der Waals surface area (Å²) in [7, 11) is 1.47. The van der Waals surface area contributed by atoms with Crippen molar-refractivity contribution in [2.24, 2.45) is 0 Å². The summed E-state index contributed by atoms with van der Waals surface area (Å²) in [6, 6.07) is 12.9. The van der Waals surface area contributed by atoms with Gasteiger partial charge in [-0.25, -0.2) is 4.79 Å². The van der Waals surface area contributed by atoms with Gasteiger partial charge in [-0.05, 0) is 30.5 Å². The average Bonchev–Trinajstić information content (AvgIpc) is 3.52. The molecule has 1 aromatic carbocycles. The number of rotatable bonds is 6. The largest absolute Gasteiger partial charge is 0.341 e. The molecule has 4 rings (SSSR count). The van der Waals surface area contributed by atoms with Crippen LogP contribution in [0.15, 0.2) is 60.0 Å². The van der Waals surface area contributed by atoms with Gasteiger partial charge in [0.25, 0.3) is 0 Å². The minimum absolute atomic E-state index is 0.307. The Balaban J connectivity index is 1.68. The summed E-state index contributed by atoms with van der Waals surface area (Å²) in [5.74, 6) is 0.329. The van der Waals surface area contributed by atoms with Gasteiger partial charge in [0.1, 0.15) is 5.25 Å². The van der Waals surface area contributed by atoms with Crippen molar-refractivity contribution >= 4 is 23.7 Å². The van der Waals surface area contributed by atoms with Crippen molar-refractivity contribution in [1.29, 1.82) is 0 Å². The van der Waals surface area contributed by atoms with Gasteiger partial charge in [-0.1, -0.05) is 42.1 Å². The van der Waals surface area contributed by atoms with Crippen LogP contribution in [0.2, 0.25) is 0 Å². The summed E-state index contributed by atoms with van der Waals surface area (Å²) in [4.78, 5) is 28.7. The monoisotopic (exact) mass is 408 g/mol. The lowest BCUT2D eigenvalue weighted by Gasteiger charge is -2.17. The topological polar surface area (TPSA) is 102 Å². The number of nitrogens with zero attached hydrogens (tertiary/aromatic N) is 4. The Kier molecular flexibility index (Phi) is 5.57. The number of amides is 3. The molecule has 2 heterocycles. The highest BCUT2D eigenvalue weighted by Gasteiger charge is 2.33. The molecule has 29 heavy (non-hydrogen) atoms. The Hall–Kier alpha value is -3.20. The third-order valence-electron chi connectivity index (χ3n) is 4.52. The maximum Gasteiger partial charge on any atom is 0.321 e. The lowest BCUT2D eigenvalue weighted by atomic mass is 10.1. The van der Waals surface area contributed by atoms with E-state index >= 15 is 0 Å². The maximum absolute atomic E-state index is 12.8. The summed E-state index contributed by atoms with van der Waals surface area (Å²) in [6.45, 7) is 0. The Morgan fingerprint density at radius 2 is 1.93 bits per heavy atom. The molecule has 2 aromatic heterocycles. The second kappa shape index (κ2) is 8.44. The van der Waals surface area contributed by atoms with Crippen LogP contribution in [0.4, 0.5) is 4.79 Å². The molecule has 0 spiro atoms. The van der Waals surface area contributed by atoms with E-state index in [1.165, 1.54) is 18.8 Å². The van der Waals surface area contributed by atoms with E-state index in [1.54, 1.807) is 12.4 Å². The van der Waals surface area contributed by atoms with E-state index < -0.39 is 17.2 Å². The number of hydrogen-bond donors (Lipinski definition) is 2. The third-order valence-corrected chi connectivity index (χ3v) is 5.73. The van der Waals surface area contributed by atoms with Crippen molar-refractivity contribution in [1.82, 2.24) is 30.4 Å². The predicted octanol–water partition coefficient (Wildman–Crippen LogP) is 2.96. The highest BCUT2D eigenvalue weighted by atomic mass is 32.2. The molecule has 148 valence electrons. The van der Waals surface area contributed by atoms with Crippen LogP contribution >= 0.6 is 11.8 Å². The first-order chi connectivity index (χ1) is 14.2. The van der Waals surface area contributed by atoms with Crippen LogP contribution in [0.5, 0.6) is 0 Å². The molecule has 3 amide bonds. The second-order valence-electron chi connectivity index (χ2n) is 6.63. The second-order valence-corrected chi connectivity index (χ2v) is 7.70. The summed E-state index contributed by atoms with van der Waals surface area (Å²) in [5, 5.41) is 13.5. The lowest BCUT2D eigenvalue weighted by molar-refractivity contribution is -0.119. The number of carbonyl (C=O) groups is 2. The number of carbonyl (C=O) groups excluding carboxylic acids is 2. The van der Waals surface area contributed by atoms with Gasteiger partial charge in [-0.15, -0.1) is 10.2 Å². The van der Waals surface area contributed by atoms with E-state index in [9.17, 15) is 9.59 Å². The zero-order chi connectivity index (χ0) is 20.2. The minimum atomic E-state index is -0.642. The summed E-state index contributed by atoms with van der Waals surface area (Å²) < 4.78 is 2.07. The molecule has 8 nitrogen and oxygen atoms in total. The molecule has 9 heteroatoms. The summed E-state index contributed by atoms with van der Waals surface area (Å²) in [5.41, 5.74) is 1.66. The Bertz CT molecular complexity index is 1000. The van der Waals surface area contributed by atoms with Crippen molar-refractivity contribution < 1.29 is 9.59 Å². The van der Waals surface area contributed by atoms with E-state index in [-0.39, 0.29) is 0 Å². The molecule has 1 unspecified atom stereocenters. The van der Waals surface area contributed by atoms with E-state index in [0.717, 1.165) is 29.8 Å². The number of hydrogen-bond acceptors (Lipinski definition) is 6. The van der Waals surface area contributed by atoms with Gasteiger partial charge in [0, 0.05) is 31.0 Å². The number of benzene rings is 1. The highest BCUT2D eigenvalue weighted by Crippen LogP contribution is 2.44. The number of aromatic nitrogens is 4. The summed E-state index contributed by atoms with van der Waals surface area (Å²) in [6.07, 6.45) is 5.55. The van der Waals surface area contributed by atoms with Crippen molar-refractivity contribution in [3.05, 3.63) is 60.4 Å². The van der Waals surface area contributed by atoms with Crippen LogP contribution in [0.3, 0.4) is 0 Å². The molecular weight excluding hydrogens is 388 g/mol. The smallest absolute Gasteiger partial charge is 0.321 e. The van der Waals surface area contributed by atoms with Crippen LogP contribution in [0.25, 0.3) is 11.4 Å². The fraction of sp³-hybridized carbons (Fsp3) is 0.250. The predicted molar refractivity (Wildman–Crippen MR) is 109 cm³/mol. The van der Waals surface area contributed by atoms with Gasteiger partial charge in [-0.2, -0.15) is 0 Å². The first-order valence-electron chi connectivity index (χ1n) is 9.27. The molecule has 1 saturated carbocycles. The molecule has 1 atom stereocenters. The Morgan fingerprint density at radius 3 is 2.59 bits per heavy atom. The molecular formula is C20H20N6O2S. The van der Waals surface area contributed by atoms with Crippen molar-refractivity contribution in [2.75, 3.05) is 7.05 Å². The van der Waals surface area contributed by atoms with Gasteiger partial charge in [0.05, 0.1) is 0 Å². The molecule has 2 N–H and O–H groups in total. The zero-order valence-corrected chi connectivity index (χ0v) is 16.6. The van der Waals surface area contributed by atoms with Gasteiger partial charge >= 0.3 is 6.03 Å². The van der Waals surface area contributed by atoms with Crippen LogP contribution in [0, 0.1) is 0 Å². The fourth-order valence-electron chi connectivity index (χ4n) is 2.96. The molecule has 0 bridgehead atoms. The standard InChI is InChI=1S/C20H20N6O2S/c1-21-19(28)23-18(27)16(13-6-3-2-4-7-13)29-20-25-24-17(26(20)15-9-10-15)14-8-5-11-22-12-14/h2-8,11-12,15-16H,9-10H2,1H3,(H2,21,23,27,28). The Morgan fingerprint density at radius 1 is 1.14 bits per heavy atom. The number of imide groups is 1. The Labute approximate surface area is 172 Å². The third kappa shape index (κ3) is 4.29. The minimum Gasteiger partial charge on any atom is -0.341 e. The first-order valence-corrected chi connectivity index (χ1v) is 10.1.